The standard InChI is InChI=1S/C17H25N3O3/c1-13-11-15(12-14(2)18-13)19-7-9-20(10-8-19)16(21)5-4-6-17(22)23-3/h11-12H,4-10H2,1-3H3. The number of amides is 1. The van der Waals surface area contributed by atoms with E-state index in [2.05, 4.69) is 26.8 Å². The van der Waals surface area contributed by atoms with Crippen molar-refractivity contribution in [3.05, 3.63) is 23.5 Å². The summed E-state index contributed by atoms with van der Waals surface area (Å²) in [5.41, 5.74) is 3.20. The van der Waals surface area contributed by atoms with Crippen LogP contribution in [0.1, 0.15) is 30.7 Å². The maximum atomic E-state index is 12.2. The van der Waals surface area contributed by atoms with Crippen LogP contribution in [-0.4, -0.2) is 55.0 Å². The van der Waals surface area contributed by atoms with Gasteiger partial charge in [-0.05, 0) is 32.4 Å². The van der Waals surface area contributed by atoms with E-state index in [1.54, 1.807) is 0 Å². The number of anilines is 1. The zero-order valence-electron chi connectivity index (χ0n) is 14.2. The highest BCUT2D eigenvalue weighted by Gasteiger charge is 2.21. The van der Waals surface area contributed by atoms with E-state index in [-0.39, 0.29) is 11.9 Å². The summed E-state index contributed by atoms with van der Waals surface area (Å²) in [5, 5.41) is 0. The van der Waals surface area contributed by atoms with Gasteiger partial charge in [-0.15, -0.1) is 0 Å². The highest BCUT2D eigenvalue weighted by Crippen LogP contribution is 2.19. The third-order valence-corrected chi connectivity index (χ3v) is 4.06. The van der Waals surface area contributed by atoms with Crippen LogP contribution < -0.4 is 4.90 Å². The first-order valence-electron chi connectivity index (χ1n) is 8.04. The van der Waals surface area contributed by atoms with Crippen molar-refractivity contribution in [3.63, 3.8) is 0 Å². The zero-order chi connectivity index (χ0) is 16.8. The molecule has 0 unspecified atom stereocenters. The molecule has 0 N–H and O–H groups in total. The van der Waals surface area contributed by atoms with Crippen molar-refractivity contribution in [1.82, 2.24) is 9.88 Å². The summed E-state index contributed by atoms with van der Waals surface area (Å²) < 4.78 is 4.58. The molecule has 1 aliphatic rings. The SMILES string of the molecule is COC(=O)CCCC(=O)N1CCN(c2cc(C)nc(C)c2)CC1. The average Bonchev–Trinajstić information content (AvgIpc) is 2.53. The van der Waals surface area contributed by atoms with E-state index in [1.807, 2.05) is 18.7 Å². The minimum absolute atomic E-state index is 0.121. The Kier molecular flexibility index (Phi) is 5.96. The Bertz CT molecular complexity index is 546. The maximum absolute atomic E-state index is 12.2. The van der Waals surface area contributed by atoms with Crippen LogP contribution in [0.4, 0.5) is 5.69 Å². The predicted octanol–water partition coefficient (Wildman–Crippen LogP) is 1.69. The lowest BCUT2D eigenvalue weighted by molar-refractivity contribution is -0.140. The second-order valence-corrected chi connectivity index (χ2v) is 5.91. The first-order chi connectivity index (χ1) is 11.0. The van der Waals surface area contributed by atoms with Gasteiger partial charge in [0, 0.05) is 56.1 Å². The van der Waals surface area contributed by atoms with Crippen molar-refractivity contribution in [2.75, 3.05) is 38.2 Å². The van der Waals surface area contributed by atoms with Crippen LogP contribution in [0.3, 0.4) is 0 Å². The van der Waals surface area contributed by atoms with E-state index in [0.29, 0.717) is 19.3 Å². The lowest BCUT2D eigenvalue weighted by atomic mass is 10.2. The Balaban J connectivity index is 1.81. The van der Waals surface area contributed by atoms with Crippen molar-refractivity contribution < 1.29 is 14.3 Å². The molecule has 1 saturated heterocycles. The van der Waals surface area contributed by atoms with Crippen LogP contribution >= 0.6 is 0 Å². The molecule has 0 bridgehead atoms. The minimum atomic E-state index is -0.258. The molecule has 6 heteroatoms. The molecule has 0 spiro atoms. The molecular weight excluding hydrogens is 294 g/mol. The number of pyridine rings is 1. The Morgan fingerprint density at radius 1 is 1.09 bits per heavy atom. The minimum Gasteiger partial charge on any atom is -0.469 e. The van der Waals surface area contributed by atoms with Gasteiger partial charge in [0.05, 0.1) is 7.11 Å². The van der Waals surface area contributed by atoms with Crippen molar-refractivity contribution in [2.45, 2.75) is 33.1 Å². The first-order valence-corrected chi connectivity index (χ1v) is 8.04. The predicted molar refractivity (Wildman–Crippen MR) is 88.4 cm³/mol. The van der Waals surface area contributed by atoms with Gasteiger partial charge in [0.15, 0.2) is 0 Å². The number of carbonyl (C=O) groups excluding carboxylic acids is 2. The summed E-state index contributed by atoms with van der Waals surface area (Å²) >= 11 is 0. The average molecular weight is 319 g/mol. The molecule has 126 valence electrons. The molecule has 1 aromatic rings. The third-order valence-electron chi connectivity index (χ3n) is 4.06. The zero-order valence-corrected chi connectivity index (χ0v) is 14.2. The van der Waals surface area contributed by atoms with E-state index in [0.717, 1.165) is 37.6 Å². The number of methoxy groups -OCH3 is 1. The van der Waals surface area contributed by atoms with E-state index in [9.17, 15) is 9.59 Å². The second-order valence-electron chi connectivity index (χ2n) is 5.91. The van der Waals surface area contributed by atoms with Crippen LogP contribution in [-0.2, 0) is 14.3 Å². The number of nitrogens with zero attached hydrogens (tertiary/aromatic N) is 3. The fourth-order valence-corrected chi connectivity index (χ4v) is 2.85. The van der Waals surface area contributed by atoms with Crippen LogP contribution in [0, 0.1) is 13.8 Å². The van der Waals surface area contributed by atoms with Crippen molar-refractivity contribution in [3.8, 4) is 0 Å². The summed E-state index contributed by atoms with van der Waals surface area (Å²) in [6.45, 7) is 7.08. The molecule has 0 aromatic carbocycles. The summed E-state index contributed by atoms with van der Waals surface area (Å²) in [6.07, 6.45) is 1.26. The van der Waals surface area contributed by atoms with Gasteiger partial charge < -0.3 is 14.5 Å². The van der Waals surface area contributed by atoms with Gasteiger partial charge in [-0.2, -0.15) is 0 Å². The largest absolute Gasteiger partial charge is 0.469 e. The molecule has 23 heavy (non-hydrogen) atoms. The number of carbonyl (C=O) groups is 2. The lowest BCUT2D eigenvalue weighted by Gasteiger charge is -2.36. The molecule has 0 radical (unpaired) electrons. The van der Waals surface area contributed by atoms with Gasteiger partial charge in [-0.25, -0.2) is 0 Å². The second kappa shape index (κ2) is 7.94. The number of aromatic nitrogens is 1. The molecular formula is C17H25N3O3. The van der Waals surface area contributed by atoms with Gasteiger partial charge in [0.2, 0.25) is 5.91 Å². The number of ether oxygens (including phenoxy) is 1. The quantitative estimate of drug-likeness (QED) is 0.773. The van der Waals surface area contributed by atoms with Crippen LogP contribution in [0.5, 0.6) is 0 Å². The third kappa shape index (κ3) is 4.94. The van der Waals surface area contributed by atoms with Crippen LogP contribution in [0.15, 0.2) is 12.1 Å². The summed E-state index contributed by atoms with van der Waals surface area (Å²) in [5.74, 6) is -0.137. The molecule has 1 fully saturated rings. The number of hydrogen-bond acceptors (Lipinski definition) is 5. The van der Waals surface area contributed by atoms with Gasteiger partial charge in [0.25, 0.3) is 0 Å². The molecule has 0 atom stereocenters. The van der Waals surface area contributed by atoms with Gasteiger partial charge >= 0.3 is 5.97 Å². The van der Waals surface area contributed by atoms with Crippen molar-refractivity contribution >= 4 is 17.6 Å². The first kappa shape index (κ1) is 17.2. The van der Waals surface area contributed by atoms with Gasteiger partial charge in [-0.3, -0.25) is 14.6 Å². The van der Waals surface area contributed by atoms with Crippen molar-refractivity contribution in [2.24, 2.45) is 0 Å². The summed E-state index contributed by atoms with van der Waals surface area (Å²) in [7, 11) is 1.37. The molecule has 6 nitrogen and oxygen atoms in total. The maximum Gasteiger partial charge on any atom is 0.305 e. The summed E-state index contributed by atoms with van der Waals surface area (Å²) in [4.78, 5) is 31.8. The number of aryl methyl sites for hydroxylation is 2. The Labute approximate surface area is 137 Å². The normalized spacial score (nSPS) is 14.7. The molecule has 2 heterocycles. The number of esters is 1. The van der Waals surface area contributed by atoms with Gasteiger partial charge in [-0.1, -0.05) is 0 Å². The smallest absolute Gasteiger partial charge is 0.305 e. The van der Waals surface area contributed by atoms with Crippen molar-refractivity contribution in [1.29, 1.82) is 0 Å². The summed E-state index contributed by atoms with van der Waals surface area (Å²) in [6, 6.07) is 4.17. The van der Waals surface area contributed by atoms with E-state index in [4.69, 9.17) is 0 Å². The van der Waals surface area contributed by atoms with Gasteiger partial charge in [0.1, 0.15) is 0 Å². The fraction of sp³-hybridized carbons (Fsp3) is 0.588. The Morgan fingerprint density at radius 3 is 2.26 bits per heavy atom. The molecule has 0 saturated carbocycles. The molecule has 1 aliphatic heterocycles. The Morgan fingerprint density at radius 2 is 1.70 bits per heavy atom. The fourth-order valence-electron chi connectivity index (χ4n) is 2.85. The van der Waals surface area contributed by atoms with E-state index >= 15 is 0 Å². The van der Waals surface area contributed by atoms with Crippen LogP contribution in [0.25, 0.3) is 0 Å². The van der Waals surface area contributed by atoms with Crippen LogP contribution in [0.2, 0.25) is 0 Å². The highest BCUT2D eigenvalue weighted by molar-refractivity contribution is 5.77. The Hall–Kier alpha value is -2.11. The van der Waals surface area contributed by atoms with E-state index in [1.165, 1.54) is 12.8 Å². The molecule has 0 aliphatic carbocycles. The molecule has 1 aromatic heterocycles. The molecule has 2 rings (SSSR count). The topological polar surface area (TPSA) is 62.7 Å². The highest BCUT2D eigenvalue weighted by atomic mass is 16.5. The number of rotatable bonds is 5. The monoisotopic (exact) mass is 319 g/mol. The lowest BCUT2D eigenvalue weighted by Crippen LogP contribution is -2.48. The van der Waals surface area contributed by atoms with E-state index < -0.39 is 0 Å². The molecule has 1 amide bonds. The number of piperazine rings is 1. The number of hydrogen-bond donors (Lipinski definition) is 0.